The molecule has 1 N–H and O–H groups in total. The zero-order valence-corrected chi connectivity index (χ0v) is 29.1. The first-order valence-corrected chi connectivity index (χ1v) is 17.1. The number of sulfonamides is 1. The van der Waals surface area contributed by atoms with Gasteiger partial charge in [-0.15, -0.1) is 0 Å². The van der Waals surface area contributed by atoms with Crippen LogP contribution in [0.3, 0.4) is 0 Å². The molecule has 1 atom stereocenters. The lowest BCUT2D eigenvalue weighted by Crippen LogP contribution is -2.54. The van der Waals surface area contributed by atoms with Crippen molar-refractivity contribution in [3.63, 3.8) is 0 Å². The van der Waals surface area contributed by atoms with Crippen molar-refractivity contribution in [1.82, 2.24) is 10.2 Å². The van der Waals surface area contributed by atoms with Gasteiger partial charge < -0.3 is 24.4 Å². The van der Waals surface area contributed by atoms with Gasteiger partial charge in [0.05, 0.1) is 31.9 Å². The molecule has 0 saturated heterocycles. The summed E-state index contributed by atoms with van der Waals surface area (Å²) in [6.45, 7) is 3.04. The van der Waals surface area contributed by atoms with Crippen LogP contribution in [0.15, 0.2) is 102 Å². The maximum atomic E-state index is 14.7. The van der Waals surface area contributed by atoms with Crippen LogP contribution >= 0.6 is 11.6 Å². The van der Waals surface area contributed by atoms with E-state index in [-0.39, 0.29) is 52.0 Å². The van der Waals surface area contributed by atoms with Crippen molar-refractivity contribution in [2.24, 2.45) is 0 Å². The van der Waals surface area contributed by atoms with Crippen LogP contribution in [0.2, 0.25) is 5.02 Å². The minimum Gasteiger partial charge on any atom is -0.495 e. The zero-order chi connectivity index (χ0) is 34.8. The Morgan fingerprint density at radius 1 is 0.771 bits per heavy atom. The van der Waals surface area contributed by atoms with Gasteiger partial charge >= 0.3 is 0 Å². The zero-order valence-electron chi connectivity index (χ0n) is 27.6. The Bertz CT molecular complexity index is 1810. The van der Waals surface area contributed by atoms with Gasteiger partial charge in [0.1, 0.15) is 18.3 Å². The first kappa shape index (κ1) is 36.1. The van der Waals surface area contributed by atoms with E-state index in [0.29, 0.717) is 5.75 Å². The second kappa shape index (κ2) is 16.4. The lowest BCUT2D eigenvalue weighted by atomic mass is 10.0. The Kier molecular flexibility index (Phi) is 12.3. The van der Waals surface area contributed by atoms with Crippen LogP contribution in [0.1, 0.15) is 25.0 Å². The molecular formula is C36H40ClN3O7S. The van der Waals surface area contributed by atoms with Crippen molar-refractivity contribution in [2.75, 3.05) is 32.2 Å². The quantitative estimate of drug-likeness (QED) is 0.169. The lowest BCUT2D eigenvalue weighted by Gasteiger charge is -2.34. The maximum absolute atomic E-state index is 14.7. The molecule has 0 aliphatic rings. The first-order chi connectivity index (χ1) is 23.0. The smallest absolute Gasteiger partial charge is 0.265 e. The molecule has 0 saturated carbocycles. The molecule has 0 aliphatic heterocycles. The van der Waals surface area contributed by atoms with Crippen molar-refractivity contribution in [1.29, 1.82) is 0 Å². The average Bonchev–Trinajstić information content (AvgIpc) is 3.08. The summed E-state index contributed by atoms with van der Waals surface area (Å²) in [6.07, 6.45) is 0.195. The fourth-order valence-electron chi connectivity index (χ4n) is 5.19. The Hall–Kier alpha value is -4.74. The maximum Gasteiger partial charge on any atom is 0.265 e. The number of anilines is 1. The van der Waals surface area contributed by atoms with Crippen LogP contribution in [0.5, 0.6) is 17.2 Å². The van der Waals surface area contributed by atoms with Gasteiger partial charge in [0, 0.05) is 30.1 Å². The summed E-state index contributed by atoms with van der Waals surface area (Å²) in [5.41, 5.74) is 1.63. The molecule has 254 valence electrons. The Morgan fingerprint density at radius 3 is 1.94 bits per heavy atom. The number of nitrogens with zero attached hydrogens (tertiary/aromatic N) is 2. The Balaban J connectivity index is 1.87. The van der Waals surface area contributed by atoms with Crippen molar-refractivity contribution in [3.05, 3.63) is 113 Å². The Morgan fingerprint density at radius 2 is 1.35 bits per heavy atom. The van der Waals surface area contributed by atoms with Gasteiger partial charge in [0.15, 0.2) is 11.5 Å². The summed E-state index contributed by atoms with van der Waals surface area (Å²) < 4.78 is 46.2. The molecule has 0 aromatic heterocycles. The number of methoxy groups -OCH3 is 3. The van der Waals surface area contributed by atoms with Crippen LogP contribution in [-0.4, -0.2) is 65.1 Å². The third-order valence-corrected chi connectivity index (χ3v) is 9.52. The van der Waals surface area contributed by atoms with E-state index in [4.69, 9.17) is 25.8 Å². The van der Waals surface area contributed by atoms with Crippen LogP contribution in [0, 0.1) is 0 Å². The number of benzene rings is 4. The van der Waals surface area contributed by atoms with Gasteiger partial charge in [-0.3, -0.25) is 13.9 Å². The SMILES string of the molecule is COc1ccc(S(=O)(=O)N(CC(=O)N(Cc2ccccc2)[C@H](Cc2ccccc2)C(=O)NC(C)C)c2cc(Cl)ccc2OC)cc1OC. The molecule has 12 heteroatoms. The van der Waals surface area contributed by atoms with E-state index in [1.165, 1.54) is 56.6 Å². The van der Waals surface area contributed by atoms with Crippen molar-refractivity contribution < 1.29 is 32.2 Å². The highest BCUT2D eigenvalue weighted by molar-refractivity contribution is 7.92. The monoisotopic (exact) mass is 693 g/mol. The summed E-state index contributed by atoms with van der Waals surface area (Å²) in [4.78, 5) is 29.8. The number of carbonyl (C=O) groups is 2. The summed E-state index contributed by atoms with van der Waals surface area (Å²) in [5, 5.41) is 3.17. The van der Waals surface area contributed by atoms with Gasteiger partial charge in [-0.05, 0) is 55.3 Å². The number of rotatable bonds is 15. The van der Waals surface area contributed by atoms with E-state index in [2.05, 4.69) is 5.32 Å². The molecule has 0 bridgehead atoms. The fraction of sp³-hybridized carbons (Fsp3) is 0.278. The fourth-order valence-corrected chi connectivity index (χ4v) is 6.79. The topological polar surface area (TPSA) is 114 Å². The van der Waals surface area contributed by atoms with E-state index >= 15 is 0 Å². The molecule has 0 heterocycles. The number of amides is 2. The van der Waals surface area contributed by atoms with E-state index in [9.17, 15) is 18.0 Å². The molecule has 10 nitrogen and oxygen atoms in total. The highest BCUT2D eigenvalue weighted by Crippen LogP contribution is 2.37. The standard InChI is InChI=1S/C36H40ClN3O7S/c1-25(2)38-36(42)31(20-26-12-8-6-9-13-26)39(23-27-14-10-7-11-15-27)35(41)24-40(30-21-28(37)16-18-32(30)45-3)48(43,44)29-17-19-33(46-4)34(22-29)47-5/h6-19,21-22,25,31H,20,23-24H2,1-5H3,(H,38,42)/t31-/m1/s1. The van der Waals surface area contributed by atoms with Gasteiger partial charge in [-0.2, -0.15) is 0 Å². The molecule has 0 aliphatic carbocycles. The lowest BCUT2D eigenvalue weighted by molar-refractivity contribution is -0.140. The van der Waals surface area contributed by atoms with Crippen LogP contribution in [0.25, 0.3) is 0 Å². The van der Waals surface area contributed by atoms with Crippen LogP contribution < -0.4 is 23.8 Å². The normalized spacial score (nSPS) is 11.8. The molecule has 0 radical (unpaired) electrons. The molecule has 4 aromatic carbocycles. The molecule has 2 amide bonds. The first-order valence-electron chi connectivity index (χ1n) is 15.2. The molecule has 0 unspecified atom stereocenters. The van der Waals surface area contributed by atoms with Crippen LogP contribution in [-0.2, 0) is 32.6 Å². The molecule has 4 rings (SSSR count). The number of halogens is 1. The number of carbonyl (C=O) groups excluding carboxylic acids is 2. The second-order valence-electron chi connectivity index (χ2n) is 11.2. The molecule has 0 spiro atoms. The highest BCUT2D eigenvalue weighted by atomic mass is 35.5. The summed E-state index contributed by atoms with van der Waals surface area (Å²) >= 11 is 6.38. The third-order valence-electron chi connectivity index (χ3n) is 7.53. The largest absolute Gasteiger partial charge is 0.495 e. The average molecular weight is 694 g/mol. The molecule has 4 aromatic rings. The molecule has 0 fully saturated rings. The number of hydrogen-bond donors (Lipinski definition) is 1. The summed E-state index contributed by atoms with van der Waals surface area (Å²) in [5.74, 6) is -0.308. The van der Waals surface area contributed by atoms with E-state index in [1.807, 2.05) is 74.5 Å². The number of nitrogens with one attached hydrogen (secondary N) is 1. The summed E-state index contributed by atoms with van der Waals surface area (Å²) in [7, 11) is -0.247. The predicted molar refractivity (Wildman–Crippen MR) is 186 cm³/mol. The van der Waals surface area contributed by atoms with E-state index in [0.717, 1.165) is 15.4 Å². The number of ether oxygens (including phenoxy) is 3. The molecule has 48 heavy (non-hydrogen) atoms. The van der Waals surface area contributed by atoms with Crippen LogP contribution in [0.4, 0.5) is 5.69 Å². The predicted octanol–water partition coefficient (Wildman–Crippen LogP) is 5.73. The second-order valence-corrected chi connectivity index (χ2v) is 13.5. The van der Waals surface area contributed by atoms with Crippen molar-refractivity contribution in [3.8, 4) is 17.2 Å². The van der Waals surface area contributed by atoms with Crippen molar-refractivity contribution in [2.45, 2.75) is 43.8 Å². The molecular weight excluding hydrogens is 654 g/mol. The van der Waals surface area contributed by atoms with Gasteiger partial charge in [-0.25, -0.2) is 8.42 Å². The third kappa shape index (κ3) is 8.78. The summed E-state index contributed by atoms with van der Waals surface area (Å²) in [6, 6.07) is 26.0. The van der Waals surface area contributed by atoms with Gasteiger partial charge in [0.25, 0.3) is 10.0 Å². The minimum absolute atomic E-state index is 0.0408. The van der Waals surface area contributed by atoms with Gasteiger partial charge in [-0.1, -0.05) is 72.3 Å². The van der Waals surface area contributed by atoms with E-state index < -0.39 is 28.5 Å². The Labute approximate surface area is 287 Å². The minimum atomic E-state index is -4.48. The van der Waals surface area contributed by atoms with Gasteiger partial charge in [0.2, 0.25) is 11.8 Å². The highest BCUT2D eigenvalue weighted by Gasteiger charge is 2.36. The number of hydrogen-bond acceptors (Lipinski definition) is 7. The van der Waals surface area contributed by atoms with Crippen molar-refractivity contribution >= 4 is 39.1 Å². The van der Waals surface area contributed by atoms with E-state index in [1.54, 1.807) is 6.07 Å².